The largest absolute Gasteiger partial charge is 0.351 e. The standard InChI is InChI=1S/C11H15ClF2NO3P/c1-3-17-19(16,18-4-2)11(15)10-8(13)5-7(12)6-9(10)14/h5-6,11H,3-4,15H2,1-2H3/t11-/m1/s1. The molecule has 1 aromatic rings. The second-order valence-electron chi connectivity index (χ2n) is 3.60. The van der Waals surface area contributed by atoms with E-state index in [1.54, 1.807) is 13.8 Å². The van der Waals surface area contributed by atoms with E-state index in [0.717, 1.165) is 12.1 Å². The van der Waals surface area contributed by atoms with E-state index in [9.17, 15) is 13.3 Å². The summed E-state index contributed by atoms with van der Waals surface area (Å²) in [5.41, 5.74) is 5.10. The molecular weight excluding hydrogens is 299 g/mol. The average Bonchev–Trinajstić information content (AvgIpc) is 2.27. The number of halogens is 3. The molecule has 0 aliphatic rings. The van der Waals surface area contributed by atoms with Crippen LogP contribution in [0.1, 0.15) is 25.2 Å². The van der Waals surface area contributed by atoms with Crippen LogP contribution in [0.3, 0.4) is 0 Å². The molecule has 0 fully saturated rings. The number of hydrogen-bond acceptors (Lipinski definition) is 4. The quantitative estimate of drug-likeness (QED) is 0.810. The minimum absolute atomic E-state index is 0.0435. The molecule has 0 saturated carbocycles. The van der Waals surface area contributed by atoms with Gasteiger partial charge in [0.1, 0.15) is 17.4 Å². The van der Waals surface area contributed by atoms with E-state index in [-0.39, 0.29) is 18.2 Å². The minimum Gasteiger partial charge on any atom is -0.314 e. The molecule has 0 saturated heterocycles. The molecule has 2 N–H and O–H groups in total. The van der Waals surface area contributed by atoms with E-state index in [2.05, 4.69) is 0 Å². The SMILES string of the molecule is CCOP(=O)(OCC)[C@@H](N)c1c(F)cc(Cl)cc1F. The normalized spacial score (nSPS) is 13.6. The summed E-state index contributed by atoms with van der Waals surface area (Å²) in [7, 11) is -3.85. The molecule has 0 bridgehead atoms. The van der Waals surface area contributed by atoms with Crippen molar-refractivity contribution < 1.29 is 22.4 Å². The summed E-state index contributed by atoms with van der Waals surface area (Å²) in [5.74, 6) is -3.53. The molecule has 0 heterocycles. The number of benzene rings is 1. The average molecular weight is 314 g/mol. The van der Waals surface area contributed by atoms with Gasteiger partial charge in [-0.3, -0.25) is 4.57 Å². The first kappa shape index (κ1) is 16.5. The first-order valence-electron chi connectivity index (χ1n) is 5.64. The molecule has 0 aliphatic carbocycles. The van der Waals surface area contributed by atoms with Crippen molar-refractivity contribution in [2.75, 3.05) is 13.2 Å². The van der Waals surface area contributed by atoms with Crippen LogP contribution in [0, 0.1) is 11.6 Å². The molecule has 108 valence electrons. The van der Waals surface area contributed by atoms with E-state index in [0.29, 0.717) is 0 Å². The van der Waals surface area contributed by atoms with Crippen molar-refractivity contribution in [1.29, 1.82) is 0 Å². The summed E-state index contributed by atoms with van der Waals surface area (Å²) in [6.07, 6.45) is 0. The van der Waals surface area contributed by atoms with Gasteiger partial charge in [0.2, 0.25) is 0 Å². The molecular formula is C11H15ClF2NO3P. The Balaban J connectivity index is 3.24. The maximum absolute atomic E-state index is 13.7. The topological polar surface area (TPSA) is 61.5 Å². The van der Waals surface area contributed by atoms with Gasteiger partial charge in [0.05, 0.1) is 18.8 Å². The maximum Gasteiger partial charge on any atom is 0.351 e. The third kappa shape index (κ3) is 3.74. The second-order valence-corrected chi connectivity index (χ2v) is 6.19. The summed E-state index contributed by atoms with van der Waals surface area (Å²) in [6, 6.07) is 1.78. The Bertz CT molecular complexity index is 468. The molecule has 1 rings (SSSR count). The number of hydrogen-bond donors (Lipinski definition) is 1. The predicted molar refractivity (Wildman–Crippen MR) is 69.2 cm³/mol. The van der Waals surface area contributed by atoms with Crippen LogP contribution in [-0.4, -0.2) is 13.2 Å². The van der Waals surface area contributed by atoms with Crippen LogP contribution in [0.15, 0.2) is 12.1 Å². The molecule has 0 spiro atoms. The van der Waals surface area contributed by atoms with Crippen LogP contribution in [0.2, 0.25) is 5.02 Å². The van der Waals surface area contributed by atoms with E-state index < -0.39 is 30.6 Å². The van der Waals surface area contributed by atoms with Gasteiger partial charge in [-0.2, -0.15) is 0 Å². The zero-order valence-corrected chi connectivity index (χ0v) is 12.2. The van der Waals surface area contributed by atoms with Crippen molar-refractivity contribution in [3.63, 3.8) is 0 Å². The molecule has 1 aromatic carbocycles. The fourth-order valence-corrected chi connectivity index (χ4v) is 3.42. The van der Waals surface area contributed by atoms with Gasteiger partial charge in [0, 0.05) is 5.02 Å². The first-order valence-corrected chi connectivity index (χ1v) is 7.63. The third-order valence-electron chi connectivity index (χ3n) is 2.30. The minimum atomic E-state index is -3.85. The highest BCUT2D eigenvalue weighted by atomic mass is 35.5. The number of nitrogens with two attached hydrogens (primary N) is 1. The number of rotatable bonds is 6. The molecule has 0 aromatic heterocycles. The summed E-state index contributed by atoms with van der Waals surface area (Å²) in [4.78, 5) is 0. The monoisotopic (exact) mass is 313 g/mol. The Morgan fingerprint density at radius 3 is 2.05 bits per heavy atom. The summed E-state index contributed by atoms with van der Waals surface area (Å²) in [5, 5.41) is -0.117. The summed E-state index contributed by atoms with van der Waals surface area (Å²) < 4.78 is 49.8. The lowest BCUT2D eigenvalue weighted by Crippen LogP contribution is -2.18. The van der Waals surface area contributed by atoms with Gasteiger partial charge >= 0.3 is 7.60 Å². The first-order chi connectivity index (χ1) is 8.85. The lowest BCUT2D eigenvalue weighted by atomic mass is 10.2. The van der Waals surface area contributed by atoms with Crippen LogP contribution in [0.5, 0.6) is 0 Å². The second kappa shape index (κ2) is 6.77. The van der Waals surface area contributed by atoms with Crippen molar-refractivity contribution in [2.45, 2.75) is 19.6 Å². The van der Waals surface area contributed by atoms with Crippen LogP contribution in [0.25, 0.3) is 0 Å². The molecule has 8 heteroatoms. The Morgan fingerprint density at radius 1 is 1.26 bits per heavy atom. The zero-order chi connectivity index (χ0) is 14.6. The van der Waals surface area contributed by atoms with Gasteiger partial charge in [0.25, 0.3) is 0 Å². The van der Waals surface area contributed by atoms with Crippen LogP contribution < -0.4 is 5.73 Å². The van der Waals surface area contributed by atoms with Gasteiger partial charge < -0.3 is 14.8 Å². The highest BCUT2D eigenvalue weighted by molar-refractivity contribution is 7.54. The molecule has 0 aliphatic heterocycles. The molecule has 0 unspecified atom stereocenters. The lowest BCUT2D eigenvalue weighted by molar-refractivity contribution is 0.211. The van der Waals surface area contributed by atoms with E-state index >= 15 is 0 Å². The van der Waals surface area contributed by atoms with Gasteiger partial charge in [-0.05, 0) is 26.0 Å². The Labute approximate surface area is 115 Å². The van der Waals surface area contributed by atoms with Crippen LogP contribution >= 0.6 is 19.2 Å². The summed E-state index contributed by atoms with van der Waals surface area (Å²) >= 11 is 5.51. The van der Waals surface area contributed by atoms with E-state index in [1.165, 1.54) is 0 Å². The lowest BCUT2D eigenvalue weighted by Gasteiger charge is -2.24. The summed E-state index contributed by atoms with van der Waals surface area (Å²) in [6.45, 7) is 3.24. The highest BCUT2D eigenvalue weighted by Crippen LogP contribution is 2.58. The predicted octanol–water partition coefficient (Wildman–Crippen LogP) is 3.84. The van der Waals surface area contributed by atoms with Crippen LogP contribution in [-0.2, 0) is 13.6 Å². The van der Waals surface area contributed by atoms with Crippen molar-refractivity contribution in [2.24, 2.45) is 5.73 Å². The molecule has 1 atom stereocenters. The van der Waals surface area contributed by atoms with Gasteiger partial charge in [-0.25, -0.2) is 8.78 Å². The molecule has 0 amide bonds. The van der Waals surface area contributed by atoms with Gasteiger partial charge in [-0.15, -0.1) is 0 Å². The smallest absolute Gasteiger partial charge is 0.314 e. The Morgan fingerprint density at radius 2 is 1.68 bits per heavy atom. The van der Waals surface area contributed by atoms with E-state index in [1.807, 2.05) is 0 Å². The van der Waals surface area contributed by atoms with Crippen molar-refractivity contribution in [3.05, 3.63) is 34.4 Å². The van der Waals surface area contributed by atoms with Crippen LogP contribution in [0.4, 0.5) is 8.78 Å². The van der Waals surface area contributed by atoms with Crippen molar-refractivity contribution in [1.82, 2.24) is 0 Å². The van der Waals surface area contributed by atoms with Crippen molar-refractivity contribution >= 4 is 19.2 Å². The van der Waals surface area contributed by atoms with E-state index in [4.69, 9.17) is 26.4 Å². The third-order valence-corrected chi connectivity index (χ3v) is 4.69. The molecule has 4 nitrogen and oxygen atoms in total. The molecule has 0 radical (unpaired) electrons. The Hall–Kier alpha value is -0.520. The molecule has 19 heavy (non-hydrogen) atoms. The maximum atomic E-state index is 13.7. The Kier molecular flexibility index (Phi) is 5.89. The van der Waals surface area contributed by atoms with Crippen molar-refractivity contribution in [3.8, 4) is 0 Å². The zero-order valence-electron chi connectivity index (χ0n) is 10.5. The highest BCUT2D eigenvalue weighted by Gasteiger charge is 2.37. The van der Waals surface area contributed by atoms with Gasteiger partial charge in [0.15, 0.2) is 0 Å². The fraction of sp³-hybridized carbons (Fsp3) is 0.455. The van der Waals surface area contributed by atoms with Gasteiger partial charge in [-0.1, -0.05) is 11.6 Å². The fourth-order valence-electron chi connectivity index (χ4n) is 1.55.